The van der Waals surface area contributed by atoms with Gasteiger partial charge < -0.3 is 5.32 Å². The first-order chi connectivity index (χ1) is 8.67. The van der Waals surface area contributed by atoms with Gasteiger partial charge in [-0.15, -0.1) is 5.10 Å². The Morgan fingerprint density at radius 3 is 2.56 bits per heavy atom. The molecule has 2 aromatic heterocycles. The summed E-state index contributed by atoms with van der Waals surface area (Å²) < 4.78 is 1.91. The quantitative estimate of drug-likeness (QED) is 0.880. The second-order valence-electron chi connectivity index (χ2n) is 4.70. The molecule has 6 heteroatoms. The number of hydrogen-bond acceptors (Lipinski definition) is 5. The second-order valence-corrected chi connectivity index (χ2v) is 4.70. The summed E-state index contributed by atoms with van der Waals surface area (Å²) in [6.45, 7) is 8.44. The normalized spacial score (nSPS) is 11.7. The summed E-state index contributed by atoms with van der Waals surface area (Å²) in [5.41, 5.74) is 1.56. The van der Waals surface area contributed by atoms with Crippen LogP contribution in [0.15, 0.2) is 6.33 Å². The lowest BCUT2D eigenvalue weighted by molar-refractivity contribution is 0.427. The average molecular weight is 248 g/mol. The molecule has 0 amide bonds. The Kier molecular flexibility index (Phi) is 3.74. The van der Waals surface area contributed by atoms with E-state index in [1.54, 1.807) is 6.33 Å². The maximum absolute atomic E-state index is 4.31. The van der Waals surface area contributed by atoms with Crippen LogP contribution in [0.2, 0.25) is 0 Å². The summed E-state index contributed by atoms with van der Waals surface area (Å²) in [6, 6.07) is 0.651. The first-order valence-electron chi connectivity index (χ1n) is 6.49. The third-order valence-electron chi connectivity index (χ3n) is 2.97. The highest BCUT2D eigenvalue weighted by Gasteiger charge is 2.16. The lowest BCUT2D eigenvalue weighted by Crippen LogP contribution is -2.12. The van der Waals surface area contributed by atoms with Gasteiger partial charge in [0.25, 0.3) is 0 Å². The van der Waals surface area contributed by atoms with E-state index in [1.807, 2.05) is 4.68 Å². The van der Waals surface area contributed by atoms with Crippen LogP contribution in [0.25, 0.3) is 11.2 Å². The second kappa shape index (κ2) is 5.29. The van der Waals surface area contributed by atoms with Crippen LogP contribution in [0.4, 0.5) is 5.82 Å². The average Bonchev–Trinajstić information content (AvgIpc) is 2.76. The molecule has 0 bridgehead atoms. The summed E-state index contributed by atoms with van der Waals surface area (Å²) in [5.74, 6) is 0.757. The molecule has 1 N–H and O–H groups in total. The lowest BCUT2D eigenvalue weighted by atomic mass is 10.2. The van der Waals surface area contributed by atoms with Crippen molar-refractivity contribution in [3.63, 3.8) is 0 Å². The molecule has 0 atom stereocenters. The van der Waals surface area contributed by atoms with Gasteiger partial charge in [-0.2, -0.15) is 0 Å². The molecule has 0 aliphatic rings. The van der Waals surface area contributed by atoms with E-state index < -0.39 is 0 Å². The van der Waals surface area contributed by atoms with E-state index in [0.29, 0.717) is 12.1 Å². The van der Waals surface area contributed by atoms with E-state index in [1.165, 1.54) is 0 Å². The van der Waals surface area contributed by atoms with Crippen LogP contribution in [0.3, 0.4) is 0 Å². The van der Waals surface area contributed by atoms with Crippen LogP contribution in [-0.4, -0.2) is 31.0 Å². The van der Waals surface area contributed by atoms with Crippen LogP contribution >= 0.6 is 0 Å². The molecule has 0 fully saturated rings. The van der Waals surface area contributed by atoms with E-state index in [4.69, 9.17) is 0 Å². The van der Waals surface area contributed by atoms with Gasteiger partial charge in [-0.25, -0.2) is 14.6 Å². The van der Waals surface area contributed by atoms with Crippen molar-refractivity contribution >= 4 is 17.0 Å². The number of hydrogen-bond donors (Lipinski definition) is 1. The van der Waals surface area contributed by atoms with Gasteiger partial charge in [0.05, 0.1) is 6.04 Å². The Morgan fingerprint density at radius 2 is 1.94 bits per heavy atom. The van der Waals surface area contributed by atoms with Gasteiger partial charge in [-0.05, 0) is 26.7 Å². The fraction of sp³-hybridized carbons (Fsp3) is 0.667. The Balaban J connectivity index is 2.47. The maximum Gasteiger partial charge on any atom is 0.184 e. The maximum atomic E-state index is 4.31. The van der Waals surface area contributed by atoms with Crippen molar-refractivity contribution in [2.75, 3.05) is 5.32 Å². The molecule has 98 valence electrons. The Labute approximate surface area is 107 Å². The summed E-state index contributed by atoms with van der Waals surface area (Å²) in [7, 11) is 0. The zero-order valence-corrected chi connectivity index (χ0v) is 11.4. The zero-order chi connectivity index (χ0) is 13.1. The molecule has 0 saturated carbocycles. The van der Waals surface area contributed by atoms with E-state index in [9.17, 15) is 0 Å². The van der Waals surface area contributed by atoms with Crippen LogP contribution in [0, 0.1) is 0 Å². The van der Waals surface area contributed by atoms with Crippen molar-refractivity contribution in [1.29, 1.82) is 0 Å². The predicted molar refractivity (Wildman–Crippen MR) is 71.5 cm³/mol. The third kappa shape index (κ3) is 2.27. The number of nitrogens with one attached hydrogen (secondary N) is 1. The fourth-order valence-electron chi connectivity index (χ4n) is 2.02. The minimum absolute atomic E-state index is 0.307. The minimum atomic E-state index is 0.307. The van der Waals surface area contributed by atoms with Gasteiger partial charge in [0.1, 0.15) is 6.33 Å². The monoisotopic (exact) mass is 248 g/mol. The molecule has 0 radical (unpaired) electrons. The van der Waals surface area contributed by atoms with Crippen LogP contribution in [0.5, 0.6) is 0 Å². The number of anilines is 1. The zero-order valence-electron chi connectivity index (χ0n) is 11.4. The number of nitrogens with zero attached hydrogens (tertiary/aromatic N) is 5. The molecule has 0 unspecified atom stereocenters. The van der Waals surface area contributed by atoms with E-state index in [-0.39, 0.29) is 0 Å². The molecular weight excluding hydrogens is 228 g/mol. The van der Waals surface area contributed by atoms with Gasteiger partial charge >= 0.3 is 0 Å². The highest BCUT2D eigenvalue weighted by Crippen LogP contribution is 2.22. The van der Waals surface area contributed by atoms with Crippen LogP contribution in [0.1, 0.15) is 46.6 Å². The van der Waals surface area contributed by atoms with E-state index in [0.717, 1.165) is 29.8 Å². The van der Waals surface area contributed by atoms with Crippen molar-refractivity contribution in [1.82, 2.24) is 25.0 Å². The molecule has 0 saturated heterocycles. The molecule has 18 heavy (non-hydrogen) atoms. The molecule has 0 aliphatic heterocycles. The molecule has 2 heterocycles. The van der Waals surface area contributed by atoms with E-state index >= 15 is 0 Å². The summed E-state index contributed by atoms with van der Waals surface area (Å²) in [6.07, 6.45) is 3.60. The van der Waals surface area contributed by atoms with Gasteiger partial charge in [0, 0.05) is 6.04 Å². The molecule has 2 rings (SSSR count). The van der Waals surface area contributed by atoms with Gasteiger partial charge in [0.15, 0.2) is 17.0 Å². The topological polar surface area (TPSA) is 68.5 Å². The van der Waals surface area contributed by atoms with Crippen molar-refractivity contribution < 1.29 is 0 Å². The highest BCUT2D eigenvalue weighted by molar-refractivity contribution is 5.81. The fourth-order valence-corrected chi connectivity index (χ4v) is 2.02. The van der Waals surface area contributed by atoms with Crippen LogP contribution in [-0.2, 0) is 0 Å². The minimum Gasteiger partial charge on any atom is -0.366 e. The number of fused-ring (bicyclic) bond motifs is 1. The van der Waals surface area contributed by atoms with Crippen molar-refractivity contribution in [3.05, 3.63) is 6.33 Å². The molecule has 0 aliphatic carbocycles. The summed E-state index contributed by atoms with van der Waals surface area (Å²) >= 11 is 0. The molecule has 2 aromatic rings. The lowest BCUT2D eigenvalue weighted by Gasteiger charge is -2.12. The molecule has 6 nitrogen and oxygen atoms in total. The number of rotatable bonds is 5. The van der Waals surface area contributed by atoms with Gasteiger partial charge in [-0.1, -0.05) is 19.1 Å². The predicted octanol–water partition coefficient (Wildman–Crippen LogP) is 2.40. The summed E-state index contributed by atoms with van der Waals surface area (Å²) in [5, 5.41) is 11.7. The van der Waals surface area contributed by atoms with Gasteiger partial charge in [-0.3, -0.25) is 0 Å². The highest BCUT2D eigenvalue weighted by atomic mass is 15.5. The summed E-state index contributed by atoms with van der Waals surface area (Å²) in [4.78, 5) is 8.55. The van der Waals surface area contributed by atoms with Crippen molar-refractivity contribution in [3.8, 4) is 0 Å². The standard InChI is InChI=1S/C12H20N6/c1-5-9(6-2)18-12-10(16-17-18)11(13-7-14-12)15-8(3)4/h7-9H,5-6H2,1-4H3,(H,13,14,15). The largest absolute Gasteiger partial charge is 0.366 e. The molecule has 0 spiro atoms. The van der Waals surface area contributed by atoms with Gasteiger partial charge in [0.2, 0.25) is 0 Å². The third-order valence-corrected chi connectivity index (χ3v) is 2.97. The smallest absolute Gasteiger partial charge is 0.184 e. The Bertz CT molecular complexity index is 514. The van der Waals surface area contributed by atoms with Crippen LogP contribution < -0.4 is 5.32 Å². The Morgan fingerprint density at radius 1 is 1.22 bits per heavy atom. The Hall–Kier alpha value is -1.72. The first kappa shape index (κ1) is 12.7. The number of aromatic nitrogens is 5. The van der Waals surface area contributed by atoms with Crippen molar-refractivity contribution in [2.24, 2.45) is 0 Å². The molecule has 0 aromatic carbocycles. The molecular formula is C12H20N6. The SMILES string of the molecule is CCC(CC)n1nnc2c(NC(C)C)ncnc21. The van der Waals surface area contributed by atoms with E-state index in [2.05, 4.69) is 53.3 Å². The van der Waals surface area contributed by atoms with Crippen molar-refractivity contribution in [2.45, 2.75) is 52.6 Å². The first-order valence-corrected chi connectivity index (χ1v) is 6.49.